The first-order valence-electron chi connectivity index (χ1n) is 8.40. The summed E-state index contributed by atoms with van der Waals surface area (Å²) in [5, 5.41) is 2.47. The van der Waals surface area contributed by atoms with Gasteiger partial charge in [0.05, 0.1) is 25.3 Å². The SMILES string of the molecule is C=CCN1C(=O)c2ccc(C(=O)N[C@H](CCC(=O)OC)C(=O)OC)cc2C1=O. The van der Waals surface area contributed by atoms with Gasteiger partial charge in [0.1, 0.15) is 6.04 Å². The summed E-state index contributed by atoms with van der Waals surface area (Å²) >= 11 is 0. The van der Waals surface area contributed by atoms with Crippen LogP contribution in [0.15, 0.2) is 30.9 Å². The van der Waals surface area contributed by atoms with E-state index < -0.39 is 35.7 Å². The van der Waals surface area contributed by atoms with Crippen molar-refractivity contribution in [2.24, 2.45) is 0 Å². The van der Waals surface area contributed by atoms with E-state index in [1.54, 1.807) is 0 Å². The van der Waals surface area contributed by atoms with Gasteiger partial charge in [0.15, 0.2) is 0 Å². The average Bonchev–Trinajstić information content (AvgIpc) is 2.94. The molecule has 0 aromatic heterocycles. The molecule has 0 unspecified atom stereocenters. The predicted octanol–water partition coefficient (Wildman–Crippen LogP) is 0.693. The maximum absolute atomic E-state index is 12.5. The van der Waals surface area contributed by atoms with Crippen LogP contribution in [0.5, 0.6) is 0 Å². The van der Waals surface area contributed by atoms with Crippen LogP contribution >= 0.6 is 0 Å². The van der Waals surface area contributed by atoms with Gasteiger partial charge < -0.3 is 14.8 Å². The highest BCUT2D eigenvalue weighted by Gasteiger charge is 2.35. The van der Waals surface area contributed by atoms with Crippen molar-refractivity contribution in [1.82, 2.24) is 10.2 Å². The van der Waals surface area contributed by atoms with Crippen molar-refractivity contribution in [3.63, 3.8) is 0 Å². The summed E-state index contributed by atoms with van der Waals surface area (Å²) in [7, 11) is 2.38. The third-order valence-electron chi connectivity index (χ3n) is 4.20. The first kappa shape index (κ1) is 20.8. The van der Waals surface area contributed by atoms with E-state index in [0.717, 1.165) is 12.0 Å². The summed E-state index contributed by atoms with van der Waals surface area (Å²) in [6.07, 6.45) is 1.32. The van der Waals surface area contributed by atoms with Gasteiger partial charge >= 0.3 is 11.9 Å². The zero-order valence-electron chi connectivity index (χ0n) is 15.5. The van der Waals surface area contributed by atoms with Crippen LogP contribution < -0.4 is 5.32 Å². The second-order valence-electron chi connectivity index (χ2n) is 5.93. The predicted molar refractivity (Wildman–Crippen MR) is 96.5 cm³/mol. The molecular weight excluding hydrogens is 368 g/mol. The molecule has 0 aliphatic carbocycles. The zero-order chi connectivity index (χ0) is 20.8. The molecule has 0 fully saturated rings. The molecule has 0 saturated carbocycles. The first-order valence-corrected chi connectivity index (χ1v) is 8.40. The quantitative estimate of drug-likeness (QED) is 0.395. The number of amides is 3. The van der Waals surface area contributed by atoms with Gasteiger partial charge in [-0.25, -0.2) is 4.79 Å². The zero-order valence-corrected chi connectivity index (χ0v) is 15.5. The highest BCUT2D eigenvalue weighted by molar-refractivity contribution is 6.22. The molecule has 1 aromatic carbocycles. The Morgan fingerprint density at radius 3 is 2.43 bits per heavy atom. The van der Waals surface area contributed by atoms with Crippen LogP contribution in [0.25, 0.3) is 0 Å². The number of hydrogen-bond acceptors (Lipinski definition) is 7. The van der Waals surface area contributed by atoms with Crippen molar-refractivity contribution in [1.29, 1.82) is 0 Å². The number of methoxy groups -OCH3 is 2. The third kappa shape index (κ3) is 4.25. The van der Waals surface area contributed by atoms with Crippen molar-refractivity contribution in [2.45, 2.75) is 18.9 Å². The number of esters is 2. The summed E-state index contributed by atoms with van der Waals surface area (Å²) in [6, 6.07) is 2.99. The second-order valence-corrected chi connectivity index (χ2v) is 5.93. The molecule has 1 atom stereocenters. The third-order valence-corrected chi connectivity index (χ3v) is 4.20. The number of fused-ring (bicyclic) bond motifs is 1. The lowest BCUT2D eigenvalue weighted by Gasteiger charge is -2.16. The van der Waals surface area contributed by atoms with Crippen molar-refractivity contribution in [2.75, 3.05) is 20.8 Å². The topological polar surface area (TPSA) is 119 Å². The fraction of sp³-hybridized carbons (Fsp3) is 0.316. The van der Waals surface area contributed by atoms with Crippen molar-refractivity contribution in [3.05, 3.63) is 47.5 Å². The number of imide groups is 1. The van der Waals surface area contributed by atoms with Gasteiger partial charge in [-0.2, -0.15) is 0 Å². The normalized spacial score (nSPS) is 13.6. The molecule has 9 heteroatoms. The smallest absolute Gasteiger partial charge is 0.328 e. The summed E-state index contributed by atoms with van der Waals surface area (Å²) in [6.45, 7) is 3.57. The van der Waals surface area contributed by atoms with Crippen LogP contribution in [0.3, 0.4) is 0 Å². The van der Waals surface area contributed by atoms with E-state index in [1.165, 1.54) is 31.4 Å². The molecule has 1 aliphatic heterocycles. The summed E-state index contributed by atoms with van der Waals surface area (Å²) < 4.78 is 9.16. The minimum atomic E-state index is -1.07. The van der Waals surface area contributed by atoms with Crippen LogP contribution in [0, 0.1) is 0 Å². The van der Waals surface area contributed by atoms with Gasteiger partial charge in [-0.3, -0.25) is 24.1 Å². The average molecular weight is 388 g/mol. The molecular formula is C19H20N2O7. The fourth-order valence-corrected chi connectivity index (χ4v) is 2.72. The van der Waals surface area contributed by atoms with E-state index in [1.807, 2.05) is 0 Å². The van der Waals surface area contributed by atoms with Gasteiger partial charge in [-0.05, 0) is 24.6 Å². The lowest BCUT2D eigenvalue weighted by molar-refractivity contribution is -0.144. The Hall–Kier alpha value is -3.49. The van der Waals surface area contributed by atoms with Gasteiger partial charge in [-0.15, -0.1) is 6.58 Å². The minimum Gasteiger partial charge on any atom is -0.469 e. The molecule has 1 aliphatic rings. The molecule has 1 N–H and O–H groups in total. The van der Waals surface area contributed by atoms with Crippen molar-refractivity contribution >= 4 is 29.7 Å². The van der Waals surface area contributed by atoms with Crippen molar-refractivity contribution < 1.29 is 33.4 Å². The molecule has 9 nitrogen and oxygen atoms in total. The van der Waals surface area contributed by atoms with Crippen LogP contribution in [0.2, 0.25) is 0 Å². The fourth-order valence-electron chi connectivity index (χ4n) is 2.72. The van der Waals surface area contributed by atoms with Gasteiger partial charge in [0.2, 0.25) is 0 Å². The molecule has 0 bridgehead atoms. The minimum absolute atomic E-state index is 0.0133. The highest BCUT2D eigenvalue weighted by Crippen LogP contribution is 2.24. The number of nitrogens with zero attached hydrogens (tertiary/aromatic N) is 1. The van der Waals surface area contributed by atoms with Gasteiger partial charge in [0, 0.05) is 18.5 Å². The van der Waals surface area contributed by atoms with E-state index in [0.29, 0.717) is 0 Å². The number of rotatable bonds is 8. The largest absolute Gasteiger partial charge is 0.469 e. The van der Waals surface area contributed by atoms with E-state index >= 15 is 0 Å². The Labute approximate surface area is 161 Å². The van der Waals surface area contributed by atoms with Crippen LogP contribution in [-0.4, -0.2) is 61.4 Å². The summed E-state index contributed by atoms with van der Waals surface area (Å²) in [5.74, 6) is -2.89. The molecule has 148 valence electrons. The Morgan fingerprint density at radius 2 is 1.82 bits per heavy atom. The van der Waals surface area contributed by atoms with Crippen molar-refractivity contribution in [3.8, 4) is 0 Å². The number of carbonyl (C=O) groups excluding carboxylic acids is 5. The summed E-state index contributed by atoms with van der Waals surface area (Å²) in [5.41, 5.74) is 0.384. The second kappa shape index (κ2) is 8.94. The number of carbonyl (C=O) groups is 5. The van der Waals surface area contributed by atoms with E-state index in [2.05, 4.69) is 21.4 Å². The molecule has 3 amide bonds. The molecule has 2 rings (SSSR count). The standard InChI is InChI=1S/C19H20N2O7/c1-4-9-21-17(24)12-6-5-11(10-13(12)18(21)25)16(23)20-14(19(26)28-3)7-8-15(22)27-2/h4-6,10,14H,1,7-9H2,2-3H3,(H,20,23)/t14-/m1/s1. The van der Waals surface area contributed by atoms with E-state index in [-0.39, 0.29) is 36.1 Å². The Kier molecular flexibility index (Phi) is 6.64. The van der Waals surface area contributed by atoms with E-state index in [9.17, 15) is 24.0 Å². The Bertz CT molecular complexity index is 847. The molecule has 0 radical (unpaired) electrons. The van der Waals surface area contributed by atoms with Gasteiger partial charge in [0.25, 0.3) is 17.7 Å². The summed E-state index contributed by atoms with van der Waals surface area (Å²) in [4.78, 5) is 61.3. The van der Waals surface area contributed by atoms with Gasteiger partial charge in [-0.1, -0.05) is 6.08 Å². The Morgan fingerprint density at radius 1 is 1.14 bits per heavy atom. The number of hydrogen-bond donors (Lipinski definition) is 1. The number of nitrogens with one attached hydrogen (secondary N) is 1. The molecule has 28 heavy (non-hydrogen) atoms. The number of benzene rings is 1. The van der Waals surface area contributed by atoms with Crippen LogP contribution in [0.4, 0.5) is 0 Å². The molecule has 0 saturated heterocycles. The molecule has 1 heterocycles. The van der Waals surface area contributed by atoms with E-state index in [4.69, 9.17) is 0 Å². The monoisotopic (exact) mass is 388 g/mol. The maximum atomic E-state index is 12.5. The Balaban J connectivity index is 2.19. The lowest BCUT2D eigenvalue weighted by atomic mass is 10.0. The maximum Gasteiger partial charge on any atom is 0.328 e. The van der Waals surface area contributed by atoms with Crippen LogP contribution in [-0.2, 0) is 19.1 Å². The molecule has 1 aromatic rings. The first-order chi connectivity index (χ1) is 13.3. The van der Waals surface area contributed by atoms with Crippen LogP contribution in [0.1, 0.15) is 43.9 Å². The molecule has 0 spiro atoms. The lowest BCUT2D eigenvalue weighted by Crippen LogP contribution is -2.42. The number of ether oxygens (including phenoxy) is 2. The highest BCUT2D eigenvalue weighted by atomic mass is 16.5.